The number of rotatable bonds is 6. The highest BCUT2D eigenvalue weighted by molar-refractivity contribution is 7.11. The molecule has 1 aromatic carbocycles. The van der Waals surface area contributed by atoms with Crippen LogP contribution >= 0.6 is 11.3 Å². The zero-order valence-corrected chi connectivity index (χ0v) is 12.3. The van der Waals surface area contributed by atoms with Crippen molar-refractivity contribution in [2.75, 3.05) is 0 Å². The van der Waals surface area contributed by atoms with E-state index in [9.17, 15) is 10.1 Å². The van der Waals surface area contributed by atoms with Crippen molar-refractivity contribution in [1.29, 1.82) is 0 Å². The number of nitrogens with one attached hydrogen (secondary N) is 1. The average molecular weight is 291 g/mol. The number of thiazole rings is 1. The summed E-state index contributed by atoms with van der Waals surface area (Å²) in [7, 11) is 0. The van der Waals surface area contributed by atoms with Crippen LogP contribution in [0.15, 0.2) is 30.5 Å². The van der Waals surface area contributed by atoms with Gasteiger partial charge < -0.3 is 5.32 Å². The predicted molar refractivity (Wildman–Crippen MR) is 79.8 cm³/mol. The van der Waals surface area contributed by atoms with Gasteiger partial charge in [0.05, 0.1) is 11.0 Å². The van der Waals surface area contributed by atoms with Gasteiger partial charge in [-0.25, -0.2) is 4.98 Å². The predicted octanol–water partition coefficient (Wildman–Crippen LogP) is 3.46. The van der Waals surface area contributed by atoms with Crippen LogP contribution < -0.4 is 5.32 Å². The average Bonchev–Trinajstić information content (AvgIpc) is 2.94. The van der Waals surface area contributed by atoms with Gasteiger partial charge in [-0.15, -0.1) is 11.3 Å². The molecule has 20 heavy (non-hydrogen) atoms. The highest BCUT2D eigenvalue weighted by Crippen LogP contribution is 2.20. The van der Waals surface area contributed by atoms with E-state index >= 15 is 0 Å². The van der Waals surface area contributed by atoms with E-state index in [1.54, 1.807) is 23.5 Å². The monoisotopic (exact) mass is 291 g/mol. The summed E-state index contributed by atoms with van der Waals surface area (Å²) in [5, 5.41) is 15.0. The molecule has 6 heteroatoms. The number of nitro groups is 1. The lowest BCUT2D eigenvalue weighted by molar-refractivity contribution is -0.384. The fraction of sp³-hybridized carbons (Fsp3) is 0.357. The zero-order valence-electron chi connectivity index (χ0n) is 11.5. The number of nitro benzene ring substituents is 1. The molecule has 0 aliphatic carbocycles. The molecular weight excluding hydrogens is 274 g/mol. The Morgan fingerprint density at radius 2 is 2.10 bits per heavy atom. The number of non-ortho nitro benzene ring substituents is 1. The van der Waals surface area contributed by atoms with Gasteiger partial charge in [0.15, 0.2) is 0 Å². The van der Waals surface area contributed by atoms with E-state index in [1.807, 2.05) is 6.20 Å². The molecule has 1 heterocycles. The fourth-order valence-electron chi connectivity index (χ4n) is 1.78. The van der Waals surface area contributed by atoms with Crippen LogP contribution in [-0.4, -0.2) is 9.91 Å². The number of aromatic nitrogens is 1. The van der Waals surface area contributed by atoms with E-state index in [1.165, 1.54) is 17.0 Å². The molecule has 1 N–H and O–H groups in total. The van der Waals surface area contributed by atoms with Crippen LogP contribution in [0.25, 0.3) is 0 Å². The summed E-state index contributed by atoms with van der Waals surface area (Å²) < 4.78 is 0. The van der Waals surface area contributed by atoms with Crippen molar-refractivity contribution in [2.24, 2.45) is 0 Å². The maximum absolute atomic E-state index is 10.6. The normalized spacial score (nSPS) is 12.3. The first-order chi connectivity index (χ1) is 9.60. The van der Waals surface area contributed by atoms with Crippen molar-refractivity contribution in [1.82, 2.24) is 10.3 Å². The summed E-state index contributed by atoms with van der Waals surface area (Å²) in [6, 6.07) is 6.78. The molecule has 0 aliphatic rings. The van der Waals surface area contributed by atoms with Crippen LogP contribution in [0, 0.1) is 10.1 Å². The lowest BCUT2D eigenvalue weighted by Crippen LogP contribution is -2.17. The Hall–Kier alpha value is -1.79. The van der Waals surface area contributed by atoms with E-state index in [4.69, 9.17) is 0 Å². The molecule has 1 atom stereocenters. The zero-order chi connectivity index (χ0) is 14.5. The van der Waals surface area contributed by atoms with Crippen molar-refractivity contribution < 1.29 is 4.92 Å². The Kier molecular flexibility index (Phi) is 4.81. The van der Waals surface area contributed by atoms with Gasteiger partial charge >= 0.3 is 0 Å². The van der Waals surface area contributed by atoms with E-state index in [0.717, 1.165) is 17.0 Å². The topological polar surface area (TPSA) is 68.1 Å². The Balaban J connectivity index is 1.92. The van der Waals surface area contributed by atoms with E-state index in [0.29, 0.717) is 6.54 Å². The lowest BCUT2D eigenvalue weighted by atomic mass is 10.2. The minimum absolute atomic E-state index is 0.120. The van der Waals surface area contributed by atoms with Crippen LogP contribution in [0.2, 0.25) is 0 Å². The first-order valence-corrected chi connectivity index (χ1v) is 7.33. The Bertz CT molecular complexity index is 580. The largest absolute Gasteiger partial charge is 0.304 e. The summed E-state index contributed by atoms with van der Waals surface area (Å²) in [6.07, 6.45) is 2.93. The standard InChI is InChI=1S/C14H17N3O2S/c1-3-13-9-16-14(20-13)10(2)15-8-11-4-6-12(7-5-11)17(18)19/h4-7,9-10,15H,3,8H2,1-2H3. The third kappa shape index (κ3) is 3.61. The van der Waals surface area contributed by atoms with Gasteiger partial charge in [0.25, 0.3) is 5.69 Å². The SMILES string of the molecule is CCc1cnc(C(C)NCc2ccc([N+](=O)[O-])cc2)s1. The third-order valence-corrected chi connectivity index (χ3v) is 4.37. The summed E-state index contributed by atoms with van der Waals surface area (Å²) in [5.74, 6) is 0. The molecule has 0 spiro atoms. The fourth-order valence-corrected chi connectivity index (χ4v) is 2.66. The highest BCUT2D eigenvalue weighted by Gasteiger charge is 2.10. The third-order valence-electron chi connectivity index (χ3n) is 3.05. The number of hydrogen-bond acceptors (Lipinski definition) is 5. The summed E-state index contributed by atoms with van der Waals surface area (Å²) in [4.78, 5) is 15.9. The molecule has 106 valence electrons. The summed E-state index contributed by atoms with van der Waals surface area (Å²) in [5.41, 5.74) is 1.14. The number of nitrogens with zero attached hydrogens (tertiary/aromatic N) is 2. The highest BCUT2D eigenvalue weighted by atomic mass is 32.1. The van der Waals surface area contributed by atoms with Crippen LogP contribution in [0.4, 0.5) is 5.69 Å². The minimum atomic E-state index is -0.387. The number of benzene rings is 1. The quantitative estimate of drug-likeness (QED) is 0.653. The van der Waals surface area contributed by atoms with Crippen LogP contribution in [0.5, 0.6) is 0 Å². The van der Waals surface area contributed by atoms with Gasteiger partial charge in [-0.1, -0.05) is 19.1 Å². The molecule has 0 saturated carbocycles. The molecule has 0 bridgehead atoms. The maximum Gasteiger partial charge on any atom is 0.269 e. The van der Waals surface area contributed by atoms with E-state index in [-0.39, 0.29) is 16.7 Å². The van der Waals surface area contributed by atoms with Crippen LogP contribution in [0.3, 0.4) is 0 Å². The van der Waals surface area contributed by atoms with E-state index < -0.39 is 0 Å². The first kappa shape index (κ1) is 14.6. The second-order valence-electron chi connectivity index (χ2n) is 4.54. The lowest BCUT2D eigenvalue weighted by Gasteiger charge is -2.10. The van der Waals surface area contributed by atoms with Crippen molar-refractivity contribution in [3.8, 4) is 0 Å². The minimum Gasteiger partial charge on any atom is -0.304 e. The van der Waals surface area contributed by atoms with Crippen molar-refractivity contribution >= 4 is 17.0 Å². The molecule has 1 unspecified atom stereocenters. The van der Waals surface area contributed by atoms with Gasteiger partial charge in [-0.2, -0.15) is 0 Å². The van der Waals surface area contributed by atoms with Gasteiger partial charge in [0.2, 0.25) is 0 Å². The molecule has 0 radical (unpaired) electrons. The van der Waals surface area contributed by atoms with Crippen molar-refractivity contribution in [3.63, 3.8) is 0 Å². The molecule has 2 rings (SSSR count). The molecule has 1 aromatic heterocycles. The number of hydrogen-bond donors (Lipinski definition) is 1. The summed E-state index contributed by atoms with van der Waals surface area (Å²) >= 11 is 1.72. The van der Waals surface area contributed by atoms with Crippen LogP contribution in [0.1, 0.15) is 35.3 Å². The Morgan fingerprint density at radius 3 is 2.65 bits per heavy atom. The molecule has 0 saturated heterocycles. The van der Waals surface area contributed by atoms with Gasteiger partial charge in [0, 0.05) is 29.8 Å². The molecular formula is C14H17N3O2S. The first-order valence-electron chi connectivity index (χ1n) is 6.51. The van der Waals surface area contributed by atoms with E-state index in [2.05, 4.69) is 24.1 Å². The second kappa shape index (κ2) is 6.58. The van der Waals surface area contributed by atoms with Gasteiger partial charge in [-0.3, -0.25) is 10.1 Å². The number of aryl methyl sites for hydroxylation is 1. The van der Waals surface area contributed by atoms with Crippen LogP contribution in [-0.2, 0) is 13.0 Å². The summed E-state index contributed by atoms with van der Waals surface area (Å²) in [6.45, 7) is 4.86. The van der Waals surface area contributed by atoms with Gasteiger partial charge in [-0.05, 0) is 18.9 Å². The Labute approximate surface area is 121 Å². The molecule has 5 nitrogen and oxygen atoms in total. The van der Waals surface area contributed by atoms with Crippen molar-refractivity contribution in [3.05, 3.63) is 56.0 Å². The molecule has 2 aromatic rings. The second-order valence-corrected chi connectivity index (χ2v) is 5.69. The molecule has 0 amide bonds. The Morgan fingerprint density at radius 1 is 1.40 bits per heavy atom. The maximum atomic E-state index is 10.6. The van der Waals surface area contributed by atoms with Crippen molar-refractivity contribution in [2.45, 2.75) is 32.9 Å². The smallest absolute Gasteiger partial charge is 0.269 e. The molecule has 0 aliphatic heterocycles. The molecule has 0 fully saturated rings. The van der Waals surface area contributed by atoms with Gasteiger partial charge in [0.1, 0.15) is 5.01 Å².